The van der Waals surface area contributed by atoms with Crippen molar-refractivity contribution >= 4 is 5.82 Å². The Balaban J connectivity index is 1.87. The van der Waals surface area contributed by atoms with Crippen molar-refractivity contribution in [3.8, 4) is 0 Å². The van der Waals surface area contributed by atoms with E-state index in [1.165, 1.54) is 24.1 Å². The summed E-state index contributed by atoms with van der Waals surface area (Å²) in [5.74, 6) is 0.955. The van der Waals surface area contributed by atoms with Crippen molar-refractivity contribution in [1.82, 2.24) is 9.97 Å². The number of hydrogen-bond acceptors (Lipinski definition) is 4. The van der Waals surface area contributed by atoms with E-state index >= 15 is 0 Å². The molecule has 0 saturated heterocycles. The van der Waals surface area contributed by atoms with Gasteiger partial charge in [0.05, 0.1) is 12.1 Å². The first-order valence-electron chi connectivity index (χ1n) is 6.05. The van der Waals surface area contributed by atoms with Crippen molar-refractivity contribution in [3.63, 3.8) is 0 Å². The van der Waals surface area contributed by atoms with E-state index in [1.807, 2.05) is 0 Å². The highest BCUT2D eigenvalue weighted by Crippen LogP contribution is 2.36. The Bertz CT molecular complexity index is 396. The van der Waals surface area contributed by atoms with E-state index in [1.54, 1.807) is 6.33 Å². The highest BCUT2D eigenvalue weighted by atomic mass is 16.3. The lowest BCUT2D eigenvalue weighted by atomic mass is 9.77. The van der Waals surface area contributed by atoms with Gasteiger partial charge in [-0.1, -0.05) is 0 Å². The standard InChI is InChI=1S/C12H17N3O/c16-7-12(5-2-6-12)15-11-9-3-1-4-10(9)13-8-14-11/h8,16H,1-7H2,(H,13,14,15). The highest BCUT2D eigenvalue weighted by molar-refractivity contribution is 5.50. The Morgan fingerprint density at radius 1 is 1.25 bits per heavy atom. The number of aryl methyl sites for hydroxylation is 1. The molecule has 0 bridgehead atoms. The van der Waals surface area contributed by atoms with Crippen molar-refractivity contribution in [2.45, 2.75) is 44.1 Å². The average Bonchev–Trinajstić information content (AvgIpc) is 2.72. The topological polar surface area (TPSA) is 58.0 Å². The van der Waals surface area contributed by atoms with Gasteiger partial charge in [-0.05, 0) is 38.5 Å². The molecule has 0 spiro atoms. The van der Waals surface area contributed by atoms with Crippen LogP contribution in [0.1, 0.15) is 36.9 Å². The summed E-state index contributed by atoms with van der Waals surface area (Å²) in [4.78, 5) is 8.64. The quantitative estimate of drug-likeness (QED) is 0.804. The number of rotatable bonds is 3. The third-order valence-electron chi connectivity index (χ3n) is 3.87. The maximum absolute atomic E-state index is 9.44. The van der Waals surface area contributed by atoms with Gasteiger partial charge in [-0.2, -0.15) is 0 Å². The van der Waals surface area contributed by atoms with Crippen LogP contribution in [0.5, 0.6) is 0 Å². The van der Waals surface area contributed by atoms with Crippen molar-refractivity contribution < 1.29 is 5.11 Å². The number of anilines is 1. The van der Waals surface area contributed by atoms with Crippen molar-refractivity contribution in [2.75, 3.05) is 11.9 Å². The lowest BCUT2D eigenvalue weighted by Gasteiger charge is -2.41. The second kappa shape index (κ2) is 3.70. The molecule has 1 heterocycles. The summed E-state index contributed by atoms with van der Waals surface area (Å²) < 4.78 is 0. The van der Waals surface area contributed by atoms with E-state index in [-0.39, 0.29) is 12.1 Å². The summed E-state index contributed by atoms with van der Waals surface area (Å²) >= 11 is 0. The van der Waals surface area contributed by atoms with Gasteiger partial charge in [0, 0.05) is 11.3 Å². The molecule has 86 valence electrons. The molecule has 2 aliphatic rings. The molecule has 0 unspecified atom stereocenters. The van der Waals surface area contributed by atoms with Crippen LogP contribution >= 0.6 is 0 Å². The van der Waals surface area contributed by atoms with Crippen LogP contribution in [0.4, 0.5) is 5.82 Å². The van der Waals surface area contributed by atoms with Gasteiger partial charge in [0.2, 0.25) is 0 Å². The van der Waals surface area contributed by atoms with Gasteiger partial charge in [-0.3, -0.25) is 0 Å². The third-order valence-corrected chi connectivity index (χ3v) is 3.87. The summed E-state index contributed by atoms with van der Waals surface area (Å²) in [5, 5.41) is 12.9. The Kier molecular flexibility index (Phi) is 2.32. The summed E-state index contributed by atoms with van der Waals surface area (Å²) in [6.45, 7) is 0.200. The van der Waals surface area contributed by atoms with Gasteiger partial charge in [-0.25, -0.2) is 9.97 Å². The van der Waals surface area contributed by atoms with Crippen molar-refractivity contribution in [3.05, 3.63) is 17.6 Å². The Hall–Kier alpha value is -1.16. The minimum Gasteiger partial charge on any atom is -0.394 e. The molecule has 4 nitrogen and oxygen atoms in total. The average molecular weight is 219 g/mol. The number of aliphatic hydroxyl groups excluding tert-OH is 1. The Morgan fingerprint density at radius 2 is 2.12 bits per heavy atom. The number of aromatic nitrogens is 2. The van der Waals surface area contributed by atoms with Crippen LogP contribution in [0, 0.1) is 0 Å². The van der Waals surface area contributed by atoms with Crippen LogP contribution in [0.2, 0.25) is 0 Å². The van der Waals surface area contributed by atoms with E-state index in [2.05, 4.69) is 15.3 Å². The van der Waals surface area contributed by atoms with Crippen LogP contribution in [0.15, 0.2) is 6.33 Å². The first-order chi connectivity index (χ1) is 7.83. The van der Waals surface area contributed by atoms with Gasteiger partial charge < -0.3 is 10.4 Å². The van der Waals surface area contributed by atoms with E-state index in [0.717, 1.165) is 31.5 Å². The normalized spacial score (nSPS) is 21.3. The summed E-state index contributed by atoms with van der Waals surface area (Å²) in [6, 6.07) is 0. The van der Waals surface area contributed by atoms with E-state index in [9.17, 15) is 5.11 Å². The Labute approximate surface area is 95.1 Å². The van der Waals surface area contributed by atoms with Crippen molar-refractivity contribution in [1.29, 1.82) is 0 Å². The third kappa shape index (κ3) is 1.48. The molecule has 3 rings (SSSR count). The smallest absolute Gasteiger partial charge is 0.133 e. The zero-order valence-corrected chi connectivity index (χ0v) is 9.37. The second-order valence-corrected chi connectivity index (χ2v) is 4.92. The molecule has 0 aliphatic heterocycles. The predicted octanol–water partition coefficient (Wildman–Crippen LogP) is 1.29. The van der Waals surface area contributed by atoms with Gasteiger partial charge >= 0.3 is 0 Å². The monoisotopic (exact) mass is 219 g/mol. The number of fused-ring (bicyclic) bond motifs is 1. The summed E-state index contributed by atoms with van der Waals surface area (Å²) in [5.41, 5.74) is 2.34. The van der Waals surface area contributed by atoms with Crippen LogP contribution in [0.25, 0.3) is 0 Å². The van der Waals surface area contributed by atoms with Crippen LogP contribution in [-0.4, -0.2) is 27.2 Å². The van der Waals surface area contributed by atoms with Gasteiger partial charge in [0.25, 0.3) is 0 Å². The van der Waals surface area contributed by atoms with E-state index in [4.69, 9.17) is 0 Å². The number of nitrogens with zero attached hydrogens (tertiary/aromatic N) is 2. The van der Waals surface area contributed by atoms with Crippen molar-refractivity contribution in [2.24, 2.45) is 0 Å². The molecule has 1 aromatic rings. The first kappa shape index (κ1) is 10.0. The molecule has 0 radical (unpaired) electrons. The largest absolute Gasteiger partial charge is 0.394 e. The van der Waals surface area contributed by atoms with Crippen LogP contribution < -0.4 is 5.32 Å². The van der Waals surface area contributed by atoms with Gasteiger partial charge in [0.15, 0.2) is 0 Å². The Morgan fingerprint density at radius 3 is 2.81 bits per heavy atom. The lowest BCUT2D eigenvalue weighted by Crippen LogP contribution is -2.48. The molecule has 16 heavy (non-hydrogen) atoms. The molecule has 0 atom stereocenters. The lowest BCUT2D eigenvalue weighted by molar-refractivity contribution is 0.143. The maximum atomic E-state index is 9.44. The molecular formula is C12H17N3O. The number of hydrogen-bond donors (Lipinski definition) is 2. The summed E-state index contributed by atoms with van der Waals surface area (Å²) in [6.07, 6.45) is 8.23. The first-order valence-corrected chi connectivity index (χ1v) is 6.05. The SMILES string of the molecule is OCC1(Nc2ncnc3c2CCC3)CCC1. The molecular weight excluding hydrogens is 202 g/mol. The molecule has 2 N–H and O–H groups in total. The molecule has 1 aromatic heterocycles. The van der Waals surface area contributed by atoms with Crippen LogP contribution in [-0.2, 0) is 12.8 Å². The summed E-state index contributed by atoms with van der Waals surface area (Å²) in [7, 11) is 0. The molecule has 1 fully saturated rings. The predicted molar refractivity (Wildman–Crippen MR) is 61.3 cm³/mol. The van der Waals surface area contributed by atoms with Gasteiger partial charge in [0.1, 0.15) is 12.1 Å². The maximum Gasteiger partial charge on any atom is 0.133 e. The van der Waals surface area contributed by atoms with Crippen LogP contribution in [0.3, 0.4) is 0 Å². The molecule has 1 saturated carbocycles. The highest BCUT2D eigenvalue weighted by Gasteiger charge is 2.37. The van der Waals surface area contributed by atoms with Gasteiger partial charge in [-0.15, -0.1) is 0 Å². The fourth-order valence-electron chi connectivity index (χ4n) is 2.64. The fourth-order valence-corrected chi connectivity index (χ4v) is 2.64. The molecule has 4 heteroatoms. The molecule has 0 aromatic carbocycles. The number of aliphatic hydroxyl groups is 1. The zero-order chi connectivity index (χ0) is 11.0. The molecule has 0 amide bonds. The second-order valence-electron chi connectivity index (χ2n) is 4.92. The number of nitrogens with one attached hydrogen (secondary N) is 1. The molecule has 2 aliphatic carbocycles. The minimum absolute atomic E-state index is 0.106. The van der Waals surface area contributed by atoms with E-state index < -0.39 is 0 Å². The minimum atomic E-state index is -0.106. The zero-order valence-electron chi connectivity index (χ0n) is 9.37. The van der Waals surface area contributed by atoms with E-state index in [0.29, 0.717) is 0 Å². The fraction of sp³-hybridized carbons (Fsp3) is 0.667.